The first-order valence-electron chi connectivity index (χ1n) is 5.36. The van der Waals surface area contributed by atoms with E-state index < -0.39 is 0 Å². The molecule has 0 aliphatic rings. The van der Waals surface area contributed by atoms with Gasteiger partial charge in [0.05, 0.1) is 6.04 Å². The van der Waals surface area contributed by atoms with Gasteiger partial charge in [-0.25, -0.2) is 0 Å². The van der Waals surface area contributed by atoms with Gasteiger partial charge in [-0.3, -0.25) is 4.79 Å². The van der Waals surface area contributed by atoms with Crippen molar-refractivity contribution < 1.29 is 4.79 Å². The molecule has 84 valence electrons. The molecule has 1 unspecified atom stereocenters. The second-order valence-electron chi connectivity index (χ2n) is 4.77. The van der Waals surface area contributed by atoms with E-state index in [1.54, 1.807) is 0 Å². The first-order valence-corrected chi connectivity index (χ1v) is 5.36. The summed E-state index contributed by atoms with van der Waals surface area (Å²) in [5.41, 5.74) is -0.107. The van der Waals surface area contributed by atoms with Crippen LogP contribution in [0.25, 0.3) is 0 Å². The smallest absolute Gasteiger partial charge is 0.237 e. The second kappa shape index (κ2) is 5.35. The van der Waals surface area contributed by atoms with Crippen LogP contribution in [0.2, 0.25) is 0 Å². The molecule has 2 N–H and O–H groups in total. The Morgan fingerprint density at radius 1 is 1.29 bits per heavy atom. The van der Waals surface area contributed by atoms with Crippen LogP contribution in [0.4, 0.5) is 0 Å². The Kier molecular flexibility index (Phi) is 5.13. The minimum Gasteiger partial charge on any atom is -0.350 e. The predicted molar refractivity (Wildman–Crippen MR) is 60.2 cm³/mol. The lowest BCUT2D eigenvalue weighted by molar-refractivity contribution is -0.124. The largest absolute Gasteiger partial charge is 0.350 e. The van der Waals surface area contributed by atoms with E-state index in [0.717, 1.165) is 6.42 Å². The van der Waals surface area contributed by atoms with Gasteiger partial charge in [-0.1, -0.05) is 20.8 Å². The Morgan fingerprint density at radius 3 is 2.14 bits per heavy atom. The van der Waals surface area contributed by atoms with Crippen molar-refractivity contribution in [1.29, 1.82) is 0 Å². The Balaban J connectivity index is 4.08. The normalized spacial score (nSPS) is 14.2. The van der Waals surface area contributed by atoms with Crippen LogP contribution in [0.1, 0.15) is 48.0 Å². The molecule has 0 spiro atoms. The molecule has 0 heterocycles. The van der Waals surface area contributed by atoms with Gasteiger partial charge in [0.1, 0.15) is 0 Å². The molecule has 3 heteroatoms. The van der Waals surface area contributed by atoms with Crippen LogP contribution >= 0.6 is 0 Å². The molecule has 3 nitrogen and oxygen atoms in total. The summed E-state index contributed by atoms with van der Waals surface area (Å²) in [5.74, 6) is 0.0746. The summed E-state index contributed by atoms with van der Waals surface area (Å²) in [7, 11) is 0. The molecular formula is C11H24N2O. The fourth-order valence-corrected chi connectivity index (χ4v) is 1.11. The van der Waals surface area contributed by atoms with Gasteiger partial charge in [0.2, 0.25) is 5.91 Å². The summed E-state index contributed by atoms with van der Waals surface area (Å²) in [4.78, 5) is 11.7. The van der Waals surface area contributed by atoms with Crippen molar-refractivity contribution in [2.24, 2.45) is 0 Å². The third-order valence-corrected chi connectivity index (χ3v) is 2.32. The SMILES string of the molecule is CCC(C)(C)NC(=O)C(C)NC(C)C. The van der Waals surface area contributed by atoms with Crippen LogP contribution < -0.4 is 10.6 Å². The molecule has 0 radical (unpaired) electrons. The molecule has 0 saturated heterocycles. The molecular weight excluding hydrogens is 176 g/mol. The van der Waals surface area contributed by atoms with Crippen LogP contribution in [0.5, 0.6) is 0 Å². The molecule has 1 amide bonds. The summed E-state index contributed by atoms with van der Waals surface area (Å²) >= 11 is 0. The molecule has 0 aliphatic carbocycles. The molecule has 0 bridgehead atoms. The minimum atomic E-state index is -0.124. The Bertz CT molecular complexity index is 188. The van der Waals surface area contributed by atoms with Crippen LogP contribution in [-0.4, -0.2) is 23.5 Å². The number of hydrogen-bond acceptors (Lipinski definition) is 2. The van der Waals surface area contributed by atoms with Gasteiger partial charge in [-0.05, 0) is 27.2 Å². The van der Waals surface area contributed by atoms with Crippen molar-refractivity contribution >= 4 is 5.91 Å². The molecule has 1 atom stereocenters. The summed E-state index contributed by atoms with van der Waals surface area (Å²) in [5, 5.41) is 6.19. The second-order valence-corrected chi connectivity index (χ2v) is 4.77. The van der Waals surface area contributed by atoms with Gasteiger partial charge >= 0.3 is 0 Å². The number of carbonyl (C=O) groups is 1. The quantitative estimate of drug-likeness (QED) is 0.709. The van der Waals surface area contributed by atoms with Crippen molar-refractivity contribution in [2.75, 3.05) is 0 Å². The lowest BCUT2D eigenvalue weighted by atomic mass is 10.0. The highest BCUT2D eigenvalue weighted by Crippen LogP contribution is 2.06. The zero-order valence-corrected chi connectivity index (χ0v) is 10.3. The third-order valence-electron chi connectivity index (χ3n) is 2.32. The number of rotatable bonds is 5. The maximum Gasteiger partial charge on any atom is 0.237 e. The standard InChI is InChI=1S/C11H24N2O/c1-7-11(5,6)13-10(14)9(4)12-8(2)3/h8-9,12H,7H2,1-6H3,(H,13,14). The fraction of sp³-hybridized carbons (Fsp3) is 0.909. The average molecular weight is 200 g/mol. The molecule has 14 heavy (non-hydrogen) atoms. The zero-order valence-electron chi connectivity index (χ0n) is 10.3. The van der Waals surface area contributed by atoms with Crippen LogP contribution in [-0.2, 0) is 4.79 Å². The van der Waals surface area contributed by atoms with Crippen molar-refractivity contribution in [3.05, 3.63) is 0 Å². The fourth-order valence-electron chi connectivity index (χ4n) is 1.11. The van der Waals surface area contributed by atoms with E-state index in [9.17, 15) is 4.79 Å². The number of nitrogens with one attached hydrogen (secondary N) is 2. The maximum absolute atomic E-state index is 11.7. The lowest BCUT2D eigenvalue weighted by Crippen LogP contribution is -2.51. The monoisotopic (exact) mass is 200 g/mol. The molecule has 0 rings (SSSR count). The molecule has 0 aromatic heterocycles. The van der Waals surface area contributed by atoms with Gasteiger partial charge in [0.15, 0.2) is 0 Å². The van der Waals surface area contributed by atoms with Gasteiger partial charge in [0, 0.05) is 11.6 Å². The Labute approximate surface area is 87.6 Å². The molecule has 0 fully saturated rings. The van der Waals surface area contributed by atoms with E-state index in [2.05, 4.69) is 17.6 Å². The maximum atomic E-state index is 11.7. The zero-order chi connectivity index (χ0) is 11.4. The van der Waals surface area contributed by atoms with Crippen molar-refractivity contribution in [3.63, 3.8) is 0 Å². The highest BCUT2D eigenvalue weighted by atomic mass is 16.2. The van der Waals surface area contributed by atoms with E-state index in [-0.39, 0.29) is 17.5 Å². The van der Waals surface area contributed by atoms with Gasteiger partial charge in [0.25, 0.3) is 0 Å². The summed E-state index contributed by atoms with van der Waals surface area (Å²) in [6.07, 6.45) is 0.938. The number of carbonyl (C=O) groups excluding carboxylic acids is 1. The van der Waals surface area contributed by atoms with Gasteiger partial charge in [-0.2, -0.15) is 0 Å². The van der Waals surface area contributed by atoms with E-state index in [0.29, 0.717) is 6.04 Å². The van der Waals surface area contributed by atoms with Crippen molar-refractivity contribution in [2.45, 2.75) is 65.6 Å². The van der Waals surface area contributed by atoms with Crippen LogP contribution in [0.15, 0.2) is 0 Å². The minimum absolute atomic E-state index is 0.0746. The van der Waals surface area contributed by atoms with Crippen LogP contribution in [0.3, 0.4) is 0 Å². The highest BCUT2D eigenvalue weighted by Gasteiger charge is 2.21. The van der Waals surface area contributed by atoms with Gasteiger partial charge in [-0.15, -0.1) is 0 Å². The van der Waals surface area contributed by atoms with Crippen molar-refractivity contribution in [3.8, 4) is 0 Å². The third kappa shape index (κ3) is 5.22. The van der Waals surface area contributed by atoms with E-state index in [1.807, 2.05) is 34.6 Å². The summed E-state index contributed by atoms with van der Waals surface area (Å²) in [6, 6.07) is 0.210. The van der Waals surface area contributed by atoms with E-state index in [1.165, 1.54) is 0 Å². The average Bonchev–Trinajstić information content (AvgIpc) is 2.02. The first kappa shape index (κ1) is 13.4. The van der Waals surface area contributed by atoms with Crippen molar-refractivity contribution in [1.82, 2.24) is 10.6 Å². The summed E-state index contributed by atoms with van der Waals surface area (Å²) < 4.78 is 0. The molecule has 0 aromatic carbocycles. The van der Waals surface area contributed by atoms with E-state index >= 15 is 0 Å². The van der Waals surface area contributed by atoms with Crippen LogP contribution in [0, 0.1) is 0 Å². The lowest BCUT2D eigenvalue weighted by Gasteiger charge is -2.27. The topological polar surface area (TPSA) is 41.1 Å². The molecule has 0 saturated carbocycles. The summed E-state index contributed by atoms with van der Waals surface area (Å²) in [6.45, 7) is 12.1. The van der Waals surface area contributed by atoms with E-state index in [4.69, 9.17) is 0 Å². The molecule has 0 aromatic rings. The number of hydrogen-bond donors (Lipinski definition) is 2. The molecule has 0 aliphatic heterocycles. The first-order chi connectivity index (χ1) is 6.28. The number of amides is 1. The predicted octanol–water partition coefficient (Wildman–Crippen LogP) is 1.68. The Morgan fingerprint density at radius 2 is 1.79 bits per heavy atom. The highest BCUT2D eigenvalue weighted by molar-refractivity contribution is 5.81. The Hall–Kier alpha value is -0.570. The van der Waals surface area contributed by atoms with Gasteiger partial charge < -0.3 is 10.6 Å².